The smallest absolute Gasteiger partial charge is 0.224 e. The lowest BCUT2D eigenvalue weighted by Gasteiger charge is -2.05. The van der Waals surface area contributed by atoms with Crippen LogP contribution in [-0.2, 0) is 4.79 Å². The van der Waals surface area contributed by atoms with Crippen molar-refractivity contribution in [1.29, 1.82) is 5.26 Å². The summed E-state index contributed by atoms with van der Waals surface area (Å²) in [6, 6.07) is 9.06. The van der Waals surface area contributed by atoms with E-state index in [-0.39, 0.29) is 5.91 Å². The Morgan fingerprint density at radius 1 is 1.21 bits per heavy atom. The van der Waals surface area contributed by atoms with Crippen LogP contribution in [0, 0.1) is 11.3 Å². The van der Waals surface area contributed by atoms with Crippen LogP contribution < -0.4 is 5.32 Å². The summed E-state index contributed by atoms with van der Waals surface area (Å²) in [4.78, 5) is 11.7. The number of nitriles is 1. The molecule has 0 aliphatic rings. The predicted octanol–water partition coefficient (Wildman–Crippen LogP) is 4.25. The van der Waals surface area contributed by atoms with Crippen molar-refractivity contribution in [2.75, 3.05) is 5.32 Å². The number of hydrogen-bond acceptors (Lipinski definition) is 2. The van der Waals surface area contributed by atoms with Gasteiger partial charge in [0.1, 0.15) is 0 Å². The van der Waals surface area contributed by atoms with Crippen molar-refractivity contribution in [3.05, 3.63) is 29.8 Å². The number of hydrogen-bond donors (Lipinski definition) is 1. The van der Waals surface area contributed by atoms with Crippen LogP contribution >= 0.6 is 0 Å². The van der Waals surface area contributed by atoms with Crippen LogP contribution in [0.25, 0.3) is 0 Å². The van der Waals surface area contributed by atoms with E-state index in [1.54, 1.807) is 24.3 Å². The minimum absolute atomic E-state index is 0.0329. The fraction of sp³-hybridized carbons (Fsp3) is 0.500. The molecule has 3 nitrogen and oxygen atoms in total. The van der Waals surface area contributed by atoms with Gasteiger partial charge in [0, 0.05) is 12.1 Å². The molecule has 0 aliphatic carbocycles. The third kappa shape index (κ3) is 6.61. The van der Waals surface area contributed by atoms with Crippen molar-refractivity contribution in [3.63, 3.8) is 0 Å². The number of rotatable bonds is 8. The van der Waals surface area contributed by atoms with E-state index in [1.807, 2.05) is 0 Å². The fourth-order valence-electron chi connectivity index (χ4n) is 1.96. The van der Waals surface area contributed by atoms with Crippen LogP contribution in [0.15, 0.2) is 24.3 Å². The zero-order valence-corrected chi connectivity index (χ0v) is 11.6. The van der Waals surface area contributed by atoms with Gasteiger partial charge in [0.25, 0.3) is 0 Å². The topological polar surface area (TPSA) is 52.9 Å². The molecule has 0 spiro atoms. The number of unbranched alkanes of at least 4 members (excludes halogenated alkanes) is 5. The van der Waals surface area contributed by atoms with E-state index >= 15 is 0 Å². The zero-order valence-electron chi connectivity index (χ0n) is 11.6. The summed E-state index contributed by atoms with van der Waals surface area (Å²) in [5.41, 5.74) is 1.27. The van der Waals surface area contributed by atoms with E-state index in [4.69, 9.17) is 5.26 Å². The Kier molecular flexibility index (Phi) is 7.34. The SMILES string of the molecule is CCCCCCCCC(=O)Nc1cccc(C#N)c1. The molecule has 0 fully saturated rings. The van der Waals surface area contributed by atoms with Crippen molar-refractivity contribution in [2.45, 2.75) is 51.9 Å². The standard InChI is InChI=1S/C16H22N2O/c1-2-3-4-5-6-7-11-16(19)18-15-10-8-9-14(12-15)13-17/h8-10,12H,2-7,11H2,1H3,(H,18,19). The Morgan fingerprint density at radius 2 is 1.95 bits per heavy atom. The van der Waals surface area contributed by atoms with Crippen LogP contribution in [0.2, 0.25) is 0 Å². The zero-order chi connectivity index (χ0) is 13.9. The van der Waals surface area contributed by atoms with E-state index in [2.05, 4.69) is 18.3 Å². The molecule has 0 aromatic heterocycles. The Morgan fingerprint density at radius 3 is 2.68 bits per heavy atom. The van der Waals surface area contributed by atoms with Crippen molar-refractivity contribution in [1.82, 2.24) is 0 Å². The Hall–Kier alpha value is -1.82. The second-order valence-electron chi connectivity index (χ2n) is 4.76. The van der Waals surface area contributed by atoms with Gasteiger partial charge < -0.3 is 5.32 Å². The molecular weight excluding hydrogens is 236 g/mol. The van der Waals surface area contributed by atoms with Crippen LogP contribution in [0.1, 0.15) is 57.4 Å². The first-order chi connectivity index (χ1) is 9.26. The first-order valence-electron chi connectivity index (χ1n) is 7.06. The molecule has 0 unspecified atom stereocenters. The van der Waals surface area contributed by atoms with Gasteiger partial charge in [-0.2, -0.15) is 5.26 Å². The van der Waals surface area contributed by atoms with Gasteiger partial charge >= 0.3 is 0 Å². The van der Waals surface area contributed by atoms with Crippen LogP contribution in [0.4, 0.5) is 5.69 Å². The summed E-state index contributed by atoms with van der Waals surface area (Å²) in [6.07, 6.45) is 7.62. The second kappa shape index (κ2) is 9.16. The highest BCUT2D eigenvalue weighted by atomic mass is 16.1. The largest absolute Gasteiger partial charge is 0.326 e. The first-order valence-corrected chi connectivity index (χ1v) is 7.06. The molecule has 0 atom stereocenters. The minimum atomic E-state index is 0.0329. The Balaban J connectivity index is 2.22. The maximum Gasteiger partial charge on any atom is 0.224 e. The maximum atomic E-state index is 11.7. The quantitative estimate of drug-likeness (QED) is 0.709. The summed E-state index contributed by atoms with van der Waals surface area (Å²) >= 11 is 0. The van der Waals surface area contributed by atoms with E-state index < -0.39 is 0 Å². The summed E-state index contributed by atoms with van der Waals surface area (Å²) in [6.45, 7) is 2.20. The van der Waals surface area contributed by atoms with E-state index in [0.29, 0.717) is 17.7 Å². The molecular formula is C16H22N2O. The molecule has 0 radical (unpaired) electrons. The average molecular weight is 258 g/mol. The number of carbonyl (C=O) groups is 1. The minimum Gasteiger partial charge on any atom is -0.326 e. The maximum absolute atomic E-state index is 11.7. The number of amides is 1. The average Bonchev–Trinajstić information content (AvgIpc) is 2.43. The summed E-state index contributed by atoms with van der Waals surface area (Å²) < 4.78 is 0. The second-order valence-corrected chi connectivity index (χ2v) is 4.76. The first kappa shape index (κ1) is 15.2. The van der Waals surface area contributed by atoms with E-state index in [1.165, 1.54) is 25.7 Å². The van der Waals surface area contributed by atoms with Gasteiger partial charge in [-0.25, -0.2) is 0 Å². The molecule has 0 saturated heterocycles. The third-order valence-corrected chi connectivity index (χ3v) is 3.03. The van der Waals surface area contributed by atoms with Crippen LogP contribution in [-0.4, -0.2) is 5.91 Å². The van der Waals surface area contributed by atoms with Gasteiger partial charge in [0.15, 0.2) is 0 Å². The van der Waals surface area contributed by atoms with Gasteiger partial charge in [-0.3, -0.25) is 4.79 Å². The van der Waals surface area contributed by atoms with Crippen LogP contribution in [0.3, 0.4) is 0 Å². The number of nitrogens with zero attached hydrogens (tertiary/aromatic N) is 1. The Labute approximate surface area is 115 Å². The number of carbonyl (C=O) groups excluding carboxylic acids is 1. The fourth-order valence-corrected chi connectivity index (χ4v) is 1.96. The van der Waals surface area contributed by atoms with Crippen molar-refractivity contribution < 1.29 is 4.79 Å². The van der Waals surface area contributed by atoms with Gasteiger partial charge in [-0.1, -0.05) is 45.1 Å². The van der Waals surface area contributed by atoms with Gasteiger partial charge in [0.05, 0.1) is 11.6 Å². The molecule has 0 heterocycles. The molecule has 0 bridgehead atoms. The lowest BCUT2D eigenvalue weighted by Crippen LogP contribution is -2.11. The molecule has 1 aromatic rings. The van der Waals surface area contributed by atoms with Gasteiger partial charge in [0.2, 0.25) is 5.91 Å². The third-order valence-electron chi connectivity index (χ3n) is 3.03. The van der Waals surface area contributed by atoms with Crippen molar-refractivity contribution >= 4 is 11.6 Å². The monoisotopic (exact) mass is 258 g/mol. The number of nitrogens with one attached hydrogen (secondary N) is 1. The molecule has 1 amide bonds. The molecule has 102 valence electrons. The Bertz CT molecular complexity index is 435. The van der Waals surface area contributed by atoms with Crippen LogP contribution in [0.5, 0.6) is 0 Å². The highest BCUT2D eigenvalue weighted by Gasteiger charge is 2.02. The van der Waals surface area contributed by atoms with Gasteiger partial charge in [-0.15, -0.1) is 0 Å². The molecule has 1 N–H and O–H groups in total. The lowest BCUT2D eigenvalue weighted by atomic mass is 10.1. The highest BCUT2D eigenvalue weighted by Crippen LogP contribution is 2.11. The summed E-state index contributed by atoms with van der Waals surface area (Å²) in [5, 5.41) is 11.6. The van der Waals surface area contributed by atoms with E-state index in [0.717, 1.165) is 12.8 Å². The van der Waals surface area contributed by atoms with Crippen molar-refractivity contribution in [3.8, 4) is 6.07 Å². The lowest BCUT2D eigenvalue weighted by molar-refractivity contribution is -0.116. The number of anilines is 1. The summed E-state index contributed by atoms with van der Waals surface area (Å²) in [5.74, 6) is 0.0329. The molecule has 0 saturated carbocycles. The molecule has 0 aliphatic heterocycles. The molecule has 19 heavy (non-hydrogen) atoms. The number of benzene rings is 1. The van der Waals surface area contributed by atoms with Gasteiger partial charge in [-0.05, 0) is 24.6 Å². The predicted molar refractivity (Wildman–Crippen MR) is 77.8 cm³/mol. The highest BCUT2D eigenvalue weighted by molar-refractivity contribution is 5.90. The van der Waals surface area contributed by atoms with Crippen molar-refractivity contribution in [2.24, 2.45) is 0 Å². The molecule has 1 aromatic carbocycles. The molecule has 1 rings (SSSR count). The van der Waals surface area contributed by atoms with E-state index in [9.17, 15) is 4.79 Å². The molecule has 3 heteroatoms. The summed E-state index contributed by atoms with van der Waals surface area (Å²) in [7, 11) is 0. The normalized spacial score (nSPS) is 9.89.